The number of carbonyl (C=O) groups is 1. The van der Waals surface area contributed by atoms with E-state index in [-0.39, 0.29) is 11.5 Å². The molecule has 0 radical (unpaired) electrons. The third-order valence-corrected chi connectivity index (χ3v) is 5.49. The van der Waals surface area contributed by atoms with Gasteiger partial charge in [0.05, 0.1) is 18.4 Å². The van der Waals surface area contributed by atoms with E-state index in [1.54, 1.807) is 12.3 Å². The number of rotatable bonds is 4. The van der Waals surface area contributed by atoms with E-state index < -0.39 is 0 Å². The predicted molar refractivity (Wildman–Crippen MR) is 102 cm³/mol. The Morgan fingerprint density at radius 2 is 2.04 bits per heavy atom. The first-order chi connectivity index (χ1) is 12.5. The van der Waals surface area contributed by atoms with Crippen LogP contribution in [0.3, 0.4) is 0 Å². The third kappa shape index (κ3) is 4.84. The molecule has 0 bridgehead atoms. The number of aromatic nitrogens is 2. The van der Waals surface area contributed by atoms with Crippen LogP contribution < -0.4 is 10.5 Å². The molecule has 0 aliphatic carbocycles. The maximum absolute atomic E-state index is 12.4. The number of piperidine rings is 1. The highest BCUT2D eigenvalue weighted by atomic mass is 16.2. The summed E-state index contributed by atoms with van der Waals surface area (Å²) in [5.74, 6) is 0.699. The van der Waals surface area contributed by atoms with Gasteiger partial charge >= 0.3 is 0 Å². The SMILES string of the molecule is CC1CCCN(C(=O)CCn2ncc(N3CCCN(C)CC3)cc2=O)C1. The molecule has 2 aliphatic rings. The fourth-order valence-electron chi connectivity index (χ4n) is 3.85. The third-order valence-electron chi connectivity index (χ3n) is 5.49. The maximum atomic E-state index is 12.4. The molecular formula is C19H31N5O2. The summed E-state index contributed by atoms with van der Waals surface area (Å²) >= 11 is 0. The Morgan fingerprint density at radius 3 is 2.81 bits per heavy atom. The Balaban J connectivity index is 1.57. The first kappa shape index (κ1) is 18.9. The number of nitrogens with zero attached hydrogens (tertiary/aromatic N) is 5. The largest absolute Gasteiger partial charge is 0.369 e. The molecule has 7 nitrogen and oxygen atoms in total. The normalized spacial score (nSPS) is 22.3. The lowest BCUT2D eigenvalue weighted by molar-refractivity contribution is -0.133. The molecule has 0 saturated carbocycles. The average Bonchev–Trinajstić information content (AvgIpc) is 2.85. The van der Waals surface area contributed by atoms with Gasteiger partial charge in [0.2, 0.25) is 5.91 Å². The number of likely N-dealkylation sites (N-methyl/N-ethyl adjacent to an activating group) is 1. The van der Waals surface area contributed by atoms with Crippen LogP contribution >= 0.6 is 0 Å². The van der Waals surface area contributed by atoms with Crippen molar-refractivity contribution in [3.8, 4) is 0 Å². The van der Waals surface area contributed by atoms with Crippen LogP contribution in [-0.4, -0.2) is 71.8 Å². The van der Waals surface area contributed by atoms with E-state index in [4.69, 9.17) is 0 Å². The van der Waals surface area contributed by atoms with E-state index in [2.05, 4.69) is 28.9 Å². The lowest BCUT2D eigenvalue weighted by atomic mass is 10.00. The number of amides is 1. The molecule has 1 aromatic rings. The lowest BCUT2D eigenvalue weighted by Crippen LogP contribution is -2.40. The summed E-state index contributed by atoms with van der Waals surface area (Å²) in [6.45, 7) is 8.15. The average molecular weight is 361 g/mol. The summed E-state index contributed by atoms with van der Waals surface area (Å²) in [6, 6.07) is 1.66. The fourth-order valence-corrected chi connectivity index (χ4v) is 3.85. The van der Waals surface area contributed by atoms with E-state index in [1.807, 2.05) is 4.90 Å². The van der Waals surface area contributed by atoms with Crippen molar-refractivity contribution in [1.29, 1.82) is 0 Å². The molecule has 2 fully saturated rings. The highest BCUT2D eigenvalue weighted by Gasteiger charge is 2.21. The number of aryl methyl sites for hydroxylation is 1. The minimum Gasteiger partial charge on any atom is -0.369 e. The summed E-state index contributed by atoms with van der Waals surface area (Å²) in [7, 11) is 2.12. The van der Waals surface area contributed by atoms with Gasteiger partial charge in [0.1, 0.15) is 0 Å². The number of anilines is 1. The maximum Gasteiger partial charge on any atom is 0.268 e. The monoisotopic (exact) mass is 361 g/mol. The Hall–Kier alpha value is -1.89. The first-order valence-corrected chi connectivity index (χ1v) is 9.81. The summed E-state index contributed by atoms with van der Waals surface area (Å²) in [5, 5.41) is 4.31. The molecule has 1 aromatic heterocycles. The minimum atomic E-state index is -0.125. The van der Waals surface area contributed by atoms with Crippen LogP contribution in [0.5, 0.6) is 0 Å². The van der Waals surface area contributed by atoms with Crippen molar-refractivity contribution < 1.29 is 4.79 Å². The van der Waals surface area contributed by atoms with Gasteiger partial charge in [-0.3, -0.25) is 9.59 Å². The second-order valence-electron chi connectivity index (χ2n) is 7.76. The zero-order valence-corrected chi connectivity index (χ0v) is 16.1. The number of likely N-dealkylation sites (tertiary alicyclic amines) is 1. The van der Waals surface area contributed by atoms with Crippen LogP contribution in [0.15, 0.2) is 17.1 Å². The van der Waals surface area contributed by atoms with Crippen molar-refractivity contribution in [3.63, 3.8) is 0 Å². The smallest absolute Gasteiger partial charge is 0.268 e. The molecule has 0 spiro atoms. The summed E-state index contributed by atoms with van der Waals surface area (Å²) in [4.78, 5) is 31.3. The molecule has 3 heterocycles. The highest BCUT2D eigenvalue weighted by Crippen LogP contribution is 2.16. The molecular weight excluding hydrogens is 330 g/mol. The van der Waals surface area contributed by atoms with Gasteiger partial charge in [0.25, 0.3) is 5.56 Å². The van der Waals surface area contributed by atoms with E-state index in [1.165, 1.54) is 11.1 Å². The Labute approximate surface area is 155 Å². The Morgan fingerprint density at radius 1 is 1.19 bits per heavy atom. The van der Waals surface area contributed by atoms with Crippen molar-refractivity contribution >= 4 is 11.6 Å². The summed E-state index contributed by atoms with van der Waals surface area (Å²) < 4.78 is 1.42. The van der Waals surface area contributed by atoms with Gasteiger partial charge in [0, 0.05) is 45.2 Å². The van der Waals surface area contributed by atoms with Crippen LogP contribution in [0.2, 0.25) is 0 Å². The summed E-state index contributed by atoms with van der Waals surface area (Å²) in [5.41, 5.74) is 0.762. The molecule has 0 aromatic carbocycles. The van der Waals surface area contributed by atoms with E-state index in [0.29, 0.717) is 18.9 Å². The van der Waals surface area contributed by atoms with Crippen LogP contribution in [0.1, 0.15) is 32.6 Å². The van der Waals surface area contributed by atoms with Gasteiger partial charge in [-0.05, 0) is 38.8 Å². The highest BCUT2D eigenvalue weighted by molar-refractivity contribution is 5.76. The Bertz CT molecular complexity index is 674. The summed E-state index contributed by atoms with van der Waals surface area (Å²) in [6.07, 6.45) is 5.46. The van der Waals surface area contributed by atoms with Gasteiger partial charge < -0.3 is 14.7 Å². The molecule has 1 amide bonds. The number of hydrogen-bond donors (Lipinski definition) is 0. The van der Waals surface area contributed by atoms with Crippen LogP contribution in [-0.2, 0) is 11.3 Å². The lowest BCUT2D eigenvalue weighted by Gasteiger charge is -2.31. The second kappa shape index (κ2) is 8.66. The number of hydrogen-bond acceptors (Lipinski definition) is 5. The van der Waals surface area contributed by atoms with E-state index in [0.717, 1.165) is 57.8 Å². The standard InChI is InChI=1S/C19H31N5O2/c1-16-5-3-8-23(15-16)18(25)6-10-24-19(26)13-17(14-20-24)22-9-4-7-21(2)11-12-22/h13-14,16H,3-12,15H2,1-2H3. The van der Waals surface area contributed by atoms with Crippen molar-refractivity contribution in [2.75, 3.05) is 51.2 Å². The van der Waals surface area contributed by atoms with Crippen LogP contribution in [0.4, 0.5) is 5.69 Å². The zero-order valence-electron chi connectivity index (χ0n) is 16.1. The van der Waals surface area contributed by atoms with Crippen LogP contribution in [0.25, 0.3) is 0 Å². The van der Waals surface area contributed by atoms with Gasteiger partial charge in [0.15, 0.2) is 0 Å². The molecule has 1 unspecified atom stereocenters. The van der Waals surface area contributed by atoms with Crippen molar-refractivity contribution in [3.05, 3.63) is 22.6 Å². The zero-order chi connectivity index (χ0) is 18.5. The molecule has 7 heteroatoms. The first-order valence-electron chi connectivity index (χ1n) is 9.81. The van der Waals surface area contributed by atoms with E-state index >= 15 is 0 Å². The molecule has 1 atom stereocenters. The Kier molecular flexibility index (Phi) is 6.29. The number of carbonyl (C=O) groups excluding carboxylic acids is 1. The fraction of sp³-hybridized carbons (Fsp3) is 0.737. The minimum absolute atomic E-state index is 0.125. The van der Waals surface area contributed by atoms with Gasteiger partial charge in [-0.1, -0.05) is 6.92 Å². The topological polar surface area (TPSA) is 61.7 Å². The van der Waals surface area contributed by atoms with Crippen molar-refractivity contribution in [2.45, 2.75) is 39.2 Å². The molecule has 3 rings (SSSR count). The van der Waals surface area contributed by atoms with Crippen molar-refractivity contribution in [1.82, 2.24) is 19.6 Å². The molecule has 2 saturated heterocycles. The van der Waals surface area contributed by atoms with Gasteiger partial charge in [-0.2, -0.15) is 5.10 Å². The van der Waals surface area contributed by atoms with Crippen LogP contribution in [0, 0.1) is 5.92 Å². The van der Waals surface area contributed by atoms with Gasteiger partial charge in [-0.15, -0.1) is 0 Å². The molecule has 144 valence electrons. The quantitative estimate of drug-likeness (QED) is 0.802. The van der Waals surface area contributed by atoms with Crippen molar-refractivity contribution in [2.24, 2.45) is 5.92 Å². The molecule has 0 N–H and O–H groups in total. The van der Waals surface area contributed by atoms with E-state index in [9.17, 15) is 9.59 Å². The second-order valence-corrected chi connectivity index (χ2v) is 7.76. The molecule has 2 aliphatic heterocycles. The van der Waals surface area contributed by atoms with Gasteiger partial charge in [-0.25, -0.2) is 4.68 Å². The molecule has 26 heavy (non-hydrogen) atoms. The predicted octanol–water partition coefficient (Wildman–Crippen LogP) is 1.03.